The van der Waals surface area contributed by atoms with Crippen LogP contribution in [0.1, 0.15) is 35.8 Å². The largest absolute Gasteiger partial charge is 0.418 e. The second kappa shape index (κ2) is 4.46. The van der Waals surface area contributed by atoms with Crippen molar-refractivity contribution in [1.29, 1.82) is 0 Å². The molecule has 0 bridgehead atoms. The van der Waals surface area contributed by atoms with Gasteiger partial charge in [-0.05, 0) is 37.3 Å². The van der Waals surface area contributed by atoms with Gasteiger partial charge in [-0.15, -0.1) is 0 Å². The van der Waals surface area contributed by atoms with Gasteiger partial charge >= 0.3 is 6.18 Å². The van der Waals surface area contributed by atoms with Crippen LogP contribution in [0.15, 0.2) is 6.07 Å². The quantitative estimate of drug-likeness (QED) is 0.791. The highest BCUT2D eigenvalue weighted by atomic mass is 35.5. The normalized spacial score (nSPS) is 17.7. The Hall–Kier alpha value is -0.810. The van der Waals surface area contributed by atoms with Crippen molar-refractivity contribution in [3.05, 3.63) is 28.0 Å². The molecule has 1 N–H and O–H groups in total. The van der Waals surface area contributed by atoms with Crippen LogP contribution in [0.2, 0.25) is 5.15 Å². The SMILES string of the molecule is OC(c1cc2c(nc1Cl)CCCC2)C(F)(F)F. The Kier molecular flexibility index (Phi) is 3.32. The van der Waals surface area contributed by atoms with Gasteiger partial charge in [-0.2, -0.15) is 13.2 Å². The Morgan fingerprint density at radius 1 is 1.29 bits per heavy atom. The summed E-state index contributed by atoms with van der Waals surface area (Å²) in [6.45, 7) is 0. The zero-order valence-corrected chi connectivity index (χ0v) is 9.65. The Balaban J connectivity index is 2.41. The molecule has 0 radical (unpaired) electrons. The third-order valence-electron chi connectivity index (χ3n) is 2.89. The standard InChI is InChI=1S/C11H11ClF3NO/c12-10-7(9(17)11(13,14)15)5-6-3-1-2-4-8(6)16-10/h5,9,17H,1-4H2. The number of aliphatic hydroxyl groups is 1. The van der Waals surface area contributed by atoms with Gasteiger partial charge in [0.15, 0.2) is 6.10 Å². The van der Waals surface area contributed by atoms with Crippen LogP contribution < -0.4 is 0 Å². The number of aliphatic hydroxyl groups excluding tert-OH is 1. The Morgan fingerprint density at radius 2 is 1.94 bits per heavy atom. The molecular weight excluding hydrogens is 255 g/mol. The Bertz CT molecular complexity index is 433. The number of aromatic nitrogens is 1. The summed E-state index contributed by atoms with van der Waals surface area (Å²) in [5, 5.41) is 8.94. The summed E-state index contributed by atoms with van der Waals surface area (Å²) in [7, 11) is 0. The monoisotopic (exact) mass is 265 g/mol. The highest BCUT2D eigenvalue weighted by Crippen LogP contribution is 2.37. The summed E-state index contributed by atoms with van der Waals surface area (Å²) >= 11 is 5.69. The zero-order chi connectivity index (χ0) is 12.6. The van der Waals surface area contributed by atoms with Crippen LogP contribution in [-0.2, 0) is 12.8 Å². The van der Waals surface area contributed by atoms with Gasteiger partial charge in [-0.25, -0.2) is 4.98 Å². The first kappa shape index (κ1) is 12.6. The maximum atomic E-state index is 12.4. The molecule has 1 unspecified atom stereocenters. The molecule has 17 heavy (non-hydrogen) atoms. The molecule has 6 heteroatoms. The maximum absolute atomic E-state index is 12.4. The third kappa shape index (κ3) is 2.55. The number of pyridine rings is 1. The molecule has 94 valence electrons. The average molecular weight is 266 g/mol. The lowest BCUT2D eigenvalue weighted by atomic mass is 9.94. The molecule has 1 heterocycles. The summed E-state index contributed by atoms with van der Waals surface area (Å²) in [5.41, 5.74) is 1.16. The number of hydrogen-bond donors (Lipinski definition) is 1. The van der Waals surface area contributed by atoms with Crippen molar-refractivity contribution >= 4 is 11.6 Å². The Morgan fingerprint density at radius 3 is 2.59 bits per heavy atom. The van der Waals surface area contributed by atoms with Crippen LogP contribution in [-0.4, -0.2) is 16.3 Å². The van der Waals surface area contributed by atoms with Crippen molar-refractivity contribution in [2.45, 2.75) is 38.0 Å². The van der Waals surface area contributed by atoms with Gasteiger partial charge in [-0.3, -0.25) is 0 Å². The summed E-state index contributed by atoms with van der Waals surface area (Å²) in [5.74, 6) is 0. The van der Waals surface area contributed by atoms with Crippen molar-refractivity contribution in [3.63, 3.8) is 0 Å². The van der Waals surface area contributed by atoms with E-state index < -0.39 is 12.3 Å². The fourth-order valence-electron chi connectivity index (χ4n) is 1.99. The molecule has 0 fully saturated rings. The number of alkyl halides is 3. The predicted molar refractivity (Wildman–Crippen MR) is 56.9 cm³/mol. The second-order valence-corrected chi connectivity index (χ2v) is 4.48. The van der Waals surface area contributed by atoms with E-state index in [0.29, 0.717) is 6.42 Å². The van der Waals surface area contributed by atoms with Gasteiger partial charge in [-0.1, -0.05) is 11.6 Å². The average Bonchev–Trinajstić information content (AvgIpc) is 2.26. The van der Waals surface area contributed by atoms with Crippen LogP contribution in [0.4, 0.5) is 13.2 Å². The minimum absolute atomic E-state index is 0.254. The van der Waals surface area contributed by atoms with Crippen molar-refractivity contribution < 1.29 is 18.3 Å². The lowest BCUT2D eigenvalue weighted by molar-refractivity contribution is -0.206. The molecule has 0 spiro atoms. The molecule has 0 saturated carbocycles. The first-order valence-electron chi connectivity index (χ1n) is 5.32. The molecule has 1 aliphatic rings. The lowest BCUT2D eigenvalue weighted by Gasteiger charge is -2.20. The summed E-state index contributed by atoms with van der Waals surface area (Å²) in [6, 6.07) is 1.34. The maximum Gasteiger partial charge on any atom is 0.418 e. The van der Waals surface area contributed by atoms with E-state index in [2.05, 4.69) is 4.98 Å². The number of nitrogens with zero attached hydrogens (tertiary/aromatic N) is 1. The molecule has 1 aliphatic carbocycles. The van der Waals surface area contributed by atoms with Gasteiger partial charge in [0.2, 0.25) is 0 Å². The van der Waals surface area contributed by atoms with Gasteiger partial charge in [0.25, 0.3) is 0 Å². The molecule has 1 atom stereocenters. The lowest BCUT2D eigenvalue weighted by Crippen LogP contribution is -2.21. The summed E-state index contributed by atoms with van der Waals surface area (Å²) in [4.78, 5) is 3.95. The van der Waals surface area contributed by atoms with Gasteiger partial charge in [0.1, 0.15) is 5.15 Å². The molecule has 0 aliphatic heterocycles. The number of halogens is 4. The summed E-state index contributed by atoms with van der Waals surface area (Å²) in [6.07, 6.45) is -3.95. The van der Waals surface area contributed by atoms with Gasteiger partial charge in [0.05, 0.1) is 0 Å². The van der Waals surface area contributed by atoms with Gasteiger partial charge in [0, 0.05) is 11.3 Å². The van der Waals surface area contributed by atoms with Gasteiger partial charge < -0.3 is 5.11 Å². The molecule has 1 aromatic heterocycles. The zero-order valence-electron chi connectivity index (χ0n) is 8.89. The van der Waals surface area contributed by atoms with E-state index in [-0.39, 0.29) is 10.7 Å². The molecule has 1 aromatic rings. The first-order chi connectivity index (χ1) is 7.89. The molecule has 2 rings (SSSR count). The van der Waals surface area contributed by atoms with E-state index in [9.17, 15) is 18.3 Å². The first-order valence-corrected chi connectivity index (χ1v) is 5.70. The molecule has 2 nitrogen and oxygen atoms in total. The third-order valence-corrected chi connectivity index (χ3v) is 3.19. The number of fused-ring (bicyclic) bond motifs is 1. The molecule has 0 amide bonds. The fraction of sp³-hybridized carbons (Fsp3) is 0.545. The Labute approximate surface area is 101 Å². The molecule has 0 saturated heterocycles. The van der Waals surface area contributed by atoms with Crippen LogP contribution in [0.5, 0.6) is 0 Å². The van der Waals surface area contributed by atoms with Crippen molar-refractivity contribution in [2.75, 3.05) is 0 Å². The van der Waals surface area contributed by atoms with Crippen LogP contribution in [0.3, 0.4) is 0 Å². The topological polar surface area (TPSA) is 33.1 Å². The van der Waals surface area contributed by atoms with Crippen LogP contribution in [0.25, 0.3) is 0 Å². The van der Waals surface area contributed by atoms with E-state index in [4.69, 9.17) is 11.6 Å². The number of rotatable bonds is 1. The van der Waals surface area contributed by atoms with E-state index >= 15 is 0 Å². The van der Waals surface area contributed by atoms with Crippen molar-refractivity contribution in [2.24, 2.45) is 0 Å². The van der Waals surface area contributed by atoms with E-state index in [1.54, 1.807) is 0 Å². The van der Waals surface area contributed by atoms with Crippen LogP contribution in [0, 0.1) is 0 Å². The predicted octanol–water partition coefficient (Wildman–Crippen LogP) is 3.21. The van der Waals surface area contributed by atoms with Crippen molar-refractivity contribution in [1.82, 2.24) is 4.98 Å². The minimum atomic E-state index is -4.71. The fourth-order valence-corrected chi connectivity index (χ4v) is 2.25. The number of hydrogen-bond acceptors (Lipinski definition) is 2. The molecular formula is C11H11ClF3NO. The van der Waals surface area contributed by atoms with Crippen LogP contribution >= 0.6 is 11.6 Å². The minimum Gasteiger partial charge on any atom is -0.379 e. The van der Waals surface area contributed by atoms with E-state index in [1.165, 1.54) is 6.07 Å². The molecule has 0 aromatic carbocycles. The van der Waals surface area contributed by atoms with E-state index in [0.717, 1.165) is 30.5 Å². The highest BCUT2D eigenvalue weighted by Gasteiger charge is 2.41. The summed E-state index contributed by atoms with van der Waals surface area (Å²) < 4.78 is 37.2. The van der Waals surface area contributed by atoms with E-state index in [1.807, 2.05) is 0 Å². The highest BCUT2D eigenvalue weighted by molar-refractivity contribution is 6.30. The van der Waals surface area contributed by atoms with Crippen molar-refractivity contribution in [3.8, 4) is 0 Å². The number of aryl methyl sites for hydroxylation is 2. The smallest absolute Gasteiger partial charge is 0.379 e. The second-order valence-electron chi connectivity index (χ2n) is 4.13.